The maximum absolute atomic E-state index is 13.1. The zero-order valence-electron chi connectivity index (χ0n) is 20.4. The van der Waals surface area contributed by atoms with Crippen molar-refractivity contribution >= 4 is 12.1 Å². The number of carbonyl (C=O) groups excluding carboxylic acids is 2. The number of ether oxygens (including phenoxy) is 1. The monoisotopic (exact) mass is 444 g/mol. The lowest BCUT2D eigenvalue weighted by Gasteiger charge is -2.31. The molecule has 2 aliphatic heterocycles. The molecule has 32 heavy (non-hydrogen) atoms. The van der Waals surface area contributed by atoms with E-state index in [2.05, 4.69) is 35.2 Å². The molecule has 2 saturated heterocycles. The third kappa shape index (κ3) is 6.61. The van der Waals surface area contributed by atoms with Gasteiger partial charge in [0.05, 0.1) is 6.04 Å². The Balaban J connectivity index is 1.42. The van der Waals surface area contributed by atoms with Crippen LogP contribution >= 0.6 is 0 Å². The highest BCUT2D eigenvalue weighted by molar-refractivity contribution is 5.75. The number of hydrogen-bond acceptors (Lipinski definition) is 4. The van der Waals surface area contributed by atoms with Crippen LogP contribution in [0.25, 0.3) is 0 Å². The van der Waals surface area contributed by atoms with Crippen molar-refractivity contribution in [2.45, 2.75) is 64.1 Å². The molecule has 0 radical (unpaired) electrons. The summed E-state index contributed by atoms with van der Waals surface area (Å²) >= 11 is 0. The maximum atomic E-state index is 13.1. The number of nitrogens with zero attached hydrogens (tertiary/aromatic N) is 4. The molecule has 7 heteroatoms. The molecule has 0 N–H and O–H groups in total. The van der Waals surface area contributed by atoms with Crippen molar-refractivity contribution < 1.29 is 14.3 Å². The molecule has 0 saturated carbocycles. The zero-order valence-corrected chi connectivity index (χ0v) is 20.4. The van der Waals surface area contributed by atoms with Crippen LogP contribution in [0.3, 0.4) is 0 Å². The zero-order chi connectivity index (χ0) is 23.3. The Morgan fingerprint density at radius 2 is 1.66 bits per heavy atom. The standard InChI is InChI=1S/C25H40N4O3/c1-25(2,3)32-24(31)27(5)22-14-17-29(19-22)23(30)26(4)21-13-16-28(18-21)15-9-12-20-10-7-6-8-11-20/h6-8,10-11,21-22H,9,12-19H2,1-5H3. The second kappa shape index (κ2) is 10.6. The molecule has 3 amide bonds. The van der Waals surface area contributed by atoms with Crippen molar-refractivity contribution in [1.29, 1.82) is 0 Å². The first-order chi connectivity index (χ1) is 15.1. The number of benzene rings is 1. The van der Waals surface area contributed by atoms with Crippen molar-refractivity contribution in [1.82, 2.24) is 19.6 Å². The number of rotatable bonds is 6. The quantitative estimate of drug-likeness (QED) is 0.672. The van der Waals surface area contributed by atoms with Crippen molar-refractivity contribution in [2.75, 3.05) is 46.8 Å². The molecule has 0 bridgehead atoms. The summed E-state index contributed by atoms with van der Waals surface area (Å²) in [6, 6.07) is 10.9. The van der Waals surface area contributed by atoms with Crippen LogP contribution in [0, 0.1) is 0 Å². The van der Waals surface area contributed by atoms with Gasteiger partial charge in [0.2, 0.25) is 0 Å². The lowest BCUT2D eigenvalue weighted by molar-refractivity contribution is 0.0229. The van der Waals surface area contributed by atoms with Gasteiger partial charge >= 0.3 is 12.1 Å². The van der Waals surface area contributed by atoms with Crippen LogP contribution in [0.15, 0.2) is 30.3 Å². The fourth-order valence-electron chi connectivity index (χ4n) is 4.58. The van der Waals surface area contributed by atoms with Crippen LogP contribution in [0.5, 0.6) is 0 Å². The fraction of sp³-hybridized carbons (Fsp3) is 0.680. The van der Waals surface area contributed by atoms with Gasteiger partial charge in [-0.3, -0.25) is 0 Å². The van der Waals surface area contributed by atoms with Gasteiger partial charge in [-0.15, -0.1) is 0 Å². The average Bonchev–Trinajstić information content (AvgIpc) is 3.42. The van der Waals surface area contributed by atoms with E-state index < -0.39 is 5.60 Å². The van der Waals surface area contributed by atoms with Gasteiger partial charge in [-0.05, 0) is 58.6 Å². The normalized spacial score (nSPS) is 21.6. The Labute approximate surface area is 193 Å². The third-order valence-electron chi connectivity index (χ3n) is 6.54. The van der Waals surface area contributed by atoms with E-state index in [1.165, 1.54) is 5.56 Å². The highest BCUT2D eigenvalue weighted by atomic mass is 16.6. The number of carbonyl (C=O) groups is 2. The third-order valence-corrected chi connectivity index (χ3v) is 6.54. The van der Waals surface area contributed by atoms with Gasteiger partial charge in [-0.1, -0.05) is 30.3 Å². The first-order valence-corrected chi connectivity index (χ1v) is 11.9. The van der Waals surface area contributed by atoms with Gasteiger partial charge in [0.25, 0.3) is 0 Å². The molecule has 0 aliphatic carbocycles. The number of aryl methyl sites for hydroxylation is 1. The number of likely N-dealkylation sites (tertiary alicyclic amines) is 2. The molecule has 3 rings (SSSR count). The van der Waals surface area contributed by atoms with Gasteiger partial charge in [-0.25, -0.2) is 9.59 Å². The van der Waals surface area contributed by atoms with E-state index in [-0.39, 0.29) is 24.2 Å². The Hall–Kier alpha value is -2.28. The predicted octanol–water partition coefficient (Wildman–Crippen LogP) is 3.69. The molecule has 2 heterocycles. The summed E-state index contributed by atoms with van der Waals surface area (Å²) in [6.45, 7) is 9.88. The Bertz CT molecular complexity index is 764. The lowest BCUT2D eigenvalue weighted by Crippen LogP contribution is -2.48. The van der Waals surface area contributed by atoms with Gasteiger partial charge in [-0.2, -0.15) is 0 Å². The number of likely N-dealkylation sites (N-methyl/N-ethyl adjacent to an activating group) is 2. The van der Waals surface area contributed by atoms with Crippen LogP contribution in [-0.2, 0) is 11.2 Å². The van der Waals surface area contributed by atoms with E-state index >= 15 is 0 Å². The molecular formula is C25H40N4O3. The minimum Gasteiger partial charge on any atom is -0.444 e. The van der Waals surface area contributed by atoms with Gasteiger partial charge in [0.1, 0.15) is 5.60 Å². The van der Waals surface area contributed by atoms with Crippen molar-refractivity contribution in [3.63, 3.8) is 0 Å². The van der Waals surface area contributed by atoms with E-state index in [1.54, 1.807) is 11.9 Å². The van der Waals surface area contributed by atoms with E-state index in [9.17, 15) is 9.59 Å². The molecule has 1 aromatic carbocycles. The van der Waals surface area contributed by atoms with Crippen LogP contribution in [0.4, 0.5) is 9.59 Å². The van der Waals surface area contributed by atoms with Crippen LogP contribution in [-0.4, -0.2) is 96.2 Å². The van der Waals surface area contributed by atoms with E-state index in [4.69, 9.17) is 4.74 Å². The molecule has 1 aromatic rings. The Morgan fingerprint density at radius 1 is 1.00 bits per heavy atom. The van der Waals surface area contributed by atoms with Crippen molar-refractivity contribution in [3.8, 4) is 0 Å². The average molecular weight is 445 g/mol. The summed E-state index contributed by atoms with van der Waals surface area (Å²) in [5.41, 5.74) is 0.866. The van der Waals surface area contributed by atoms with Crippen molar-refractivity contribution in [2.24, 2.45) is 0 Å². The summed E-state index contributed by atoms with van der Waals surface area (Å²) in [5, 5.41) is 0. The topological polar surface area (TPSA) is 56.3 Å². The molecule has 0 aromatic heterocycles. The molecule has 2 fully saturated rings. The predicted molar refractivity (Wildman–Crippen MR) is 127 cm³/mol. The minimum absolute atomic E-state index is 0.000244. The van der Waals surface area contributed by atoms with Gasteiger partial charge < -0.3 is 24.3 Å². The second-order valence-electron chi connectivity index (χ2n) is 10.2. The number of hydrogen-bond donors (Lipinski definition) is 0. The molecule has 2 atom stereocenters. The summed E-state index contributed by atoms with van der Waals surface area (Å²) in [4.78, 5) is 33.4. The molecular weight excluding hydrogens is 404 g/mol. The second-order valence-corrected chi connectivity index (χ2v) is 10.2. The highest BCUT2D eigenvalue weighted by Crippen LogP contribution is 2.21. The molecule has 0 spiro atoms. The summed E-state index contributed by atoms with van der Waals surface area (Å²) < 4.78 is 5.48. The van der Waals surface area contributed by atoms with Crippen LogP contribution in [0.1, 0.15) is 45.6 Å². The largest absolute Gasteiger partial charge is 0.444 e. The Kier molecular flexibility index (Phi) is 8.04. The smallest absolute Gasteiger partial charge is 0.410 e. The summed E-state index contributed by atoms with van der Waals surface area (Å²) in [7, 11) is 3.69. The molecule has 2 aliphatic rings. The highest BCUT2D eigenvalue weighted by Gasteiger charge is 2.36. The maximum Gasteiger partial charge on any atom is 0.410 e. The Morgan fingerprint density at radius 3 is 2.34 bits per heavy atom. The molecule has 178 valence electrons. The van der Waals surface area contributed by atoms with Gasteiger partial charge in [0, 0.05) is 46.3 Å². The molecule has 2 unspecified atom stereocenters. The first-order valence-electron chi connectivity index (χ1n) is 11.9. The van der Waals surface area contributed by atoms with E-state index in [0.717, 1.165) is 45.3 Å². The van der Waals surface area contributed by atoms with Gasteiger partial charge in [0.15, 0.2) is 0 Å². The van der Waals surface area contributed by atoms with Crippen LogP contribution < -0.4 is 0 Å². The SMILES string of the molecule is CN(C(=O)OC(C)(C)C)C1CCN(C(=O)N(C)C2CCN(CCCc3ccccc3)C2)C1. The minimum atomic E-state index is -0.519. The number of urea groups is 1. The lowest BCUT2D eigenvalue weighted by atomic mass is 10.1. The molecule has 7 nitrogen and oxygen atoms in total. The van der Waals surface area contributed by atoms with Crippen molar-refractivity contribution in [3.05, 3.63) is 35.9 Å². The fourth-order valence-corrected chi connectivity index (χ4v) is 4.58. The number of amides is 3. The summed E-state index contributed by atoms with van der Waals surface area (Å²) in [5.74, 6) is 0. The van der Waals surface area contributed by atoms with E-state index in [1.807, 2.05) is 37.6 Å². The first kappa shape index (κ1) is 24.4. The summed E-state index contributed by atoms with van der Waals surface area (Å²) in [6.07, 6.45) is 3.71. The van der Waals surface area contributed by atoms with Crippen LogP contribution in [0.2, 0.25) is 0 Å². The van der Waals surface area contributed by atoms with E-state index in [0.29, 0.717) is 13.1 Å².